The van der Waals surface area contributed by atoms with E-state index in [-0.39, 0.29) is 11.8 Å². The lowest BCUT2D eigenvalue weighted by atomic mass is 9.93. The molecule has 0 fully saturated rings. The molecule has 0 unspecified atom stereocenters. The Balaban J connectivity index is 1.63. The van der Waals surface area contributed by atoms with Crippen molar-refractivity contribution in [2.75, 3.05) is 11.4 Å². The molecule has 7 heteroatoms. The number of rotatable bonds is 5. The number of nitrogens with zero attached hydrogens (tertiary/aromatic N) is 3. The minimum Gasteiger partial charge on any atom is -0.455 e. The molecule has 3 aromatic rings. The number of carbonyl (C=O) groups excluding carboxylic acids is 2. The number of furan rings is 1. The Hall–Kier alpha value is -3.74. The molecule has 2 aromatic heterocycles. The quantitative estimate of drug-likeness (QED) is 0.607. The first kappa shape index (κ1) is 21.5. The monoisotopic (exact) mass is 430 g/mol. The average Bonchev–Trinajstić information content (AvgIpc) is 3.15. The smallest absolute Gasteiger partial charge is 0.294 e. The van der Waals surface area contributed by atoms with Crippen molar-refractivity contribution in [3.63, 3.8) is 0 Å². The van der Waals surface area contributed by atoms with Crippen LogP contribution in [0.1, 0.15) is 63.1 Å². The number of aromatic nitrogens is 1. The van der Waals surface area contributed by atoms with Gasteiger partial charge in [-0.15, -0.1) is 0 Å². The molecule has 32 heavy (non-hydrogen) atoms. The van der Waals surface area contributed by atoms with Crippen molar-refractivity contribution in [1.82, 2.24) is 10.4 Å². The Bertz CT molecular complexity index is 1180. The van der Waals surface area contributed by atoms with Crippen LogP contribution in [0.2, 0.25) is 0 Å². The van der Waals surface area contributed by atoms with E-state index in [4.69, 9.17) is 4.42 Å². The van der Waals surface area contributed by atoms with Crippen LogP contribution < -0.4 is 10.3 Å². The van der Waals surface area contributed by atoms with Crippen LogP contribution in [0.25, 0.3) is 0 Å². The van der Waals surface area contributed by atoms with E-state index in [1.54, 1.807) is 23.2 Å². The van der Waals surface area contributed by atoms with Crippen molar-refractivity contribution in [2.24, 2.45) is 5.10 Å². The molecule has 4 rings (SSSR count). The van der Waals surface area contributed by atoms with E-state index < -0.39 is 0 Å². The first-order valence-corrected chi connectivity index (χ1v) is 10.8. The molecule has 0 radical (unpaired) electrons. The number of nitrogens with one attached hydrogen (secondary N) is 1. The first-order chi connectivity index (χ1) is 15.5. The number of benzene rings is 1. The Labute approximate surface area is 187 Å². The number of amides is 2. The third-order valence-corrected chi connectivity index (χ3v) is 5.61. The van der Waals surface area contributed by atoms with Crippen molar-refractivity contribution in [3.05, 3.63) is 82.6 Å². The Morgan fingerprint density at radius 3 is 2.75 bits per heavy atom. The molecular weight excluding hydrogens is 404 g/mol. The van der Waals surface area contributed by atoms with Crippen LogP contribution in [0.5, 0.6) is 0 Å². The van der Waals surface area contributed by atoms with Gasteiger partial charge in [0.2, 0.25) is 0 Å². The second-order valence-electron chi connectivity index (χ2n) is 7.84. The van der Waals surface area contributed by atoms with Gasteiger partial charge >= 0.3 is 0 Å². The Morgan fingerprint density at radius 2 is 2.03 bits per heavy atom. The lowest BCUT2D eigenvalue weighted by Crippen LogP contribution is -2.31. The number of anilines is 1. The number of aryl methyl sites for hydroxylation is 2. The van der Waals surface area contributed by atoms with Gasteiger partial charge in [-0.05, 0) is 63.4 Å². The van der Waals surface area contributed by atoms with Gasteiger partial charge in [0.25, 0.3) is 11.8 Å². The number of hydrazone groups is 1. The summed E-state index contributed by atoms with van der Waals surface area (Å²) in [4.78, 5) is 31.4. The number of carbonyl (C=O) groups is 2. The van der Waals surface area contributed by atoms with Gasteiger partial charge in [0.1, 0.15) is 5.76 Å². The van der Waals surface area contributed by atoms with E-state index >= 15 is 0 Å². The highest BCUT2D eigenvalue weighted by molar-refractivity contribution is 6.10. The Kier molecular flexibility index (Phi) is 6.16. The van der Waals surface area contributed by atoms with Gasteiger partial charge in [-0.3, -0.25) is 14.6 Å². The predicted molar refractivity (Wildman–Crippen MR) is 123 cm³/mol. The molecule has 1 N–H and O–H groups in total. The lowest BCUT2D eigenvalue weighted by molar-refractivity contribution is 0.0949. The topological polar surface area (TPSA) is 87.8 Å². The molecule has 1 aliphatic rings. The zero-order chi connectivity index (χ0) is 22.7. The van der Waals surface area contributed by atoms with Gasteiger partial charge in [-0.2, -0.15) is 5.10 Å². The summed E-state index contributed by atoms with van der Waals surface area (Å²) < 4.78 is 6.06. The summed E-state index contributed by atoms with van der Waals surface area (Å²) in [6.07, 6.45) is 5.37. The van der Waals surface area contributed by atoms with Crippen LogP contribution in [-0.4, -0.2) is 29.1 Å². The van der Waals surface area contributed by atoms with E-state index in [1.807, 2.05) is 45.0 Å². The molecule has 1 aromatic carbocycles. The molecule has 0 spiro atoms. The molecule has 2 heterocycles. The minimum absolute atomic E-state index is 0.177. The van der Waals surface area contributed by atoms with Gasteiger partial charge < -0.3 is 9.32 Å². The molecule has 2 amide bonds. The molecule has 0 saturated carbocycles. The fraction of sp³-hybridized carbons (Fsp3) is 0.280. The number of hydrogen-bond acceptors (Lipinski definition) is 5. The summed E-state index contributed by atoms with van der Waals surface area (Å²) >= 11 is 0. The fourth-order valence-corrected chi connectivity index (χ4v) is 4.03. The van der Waals surface area contributed by atoms with Gasteiger partial charge in [0, 0.05) is 42.2 Å². The summed E-state index contributed by atoms with van der Waals surface area (Å²) in [6.45, 7) is 6.35. The van der Waals surface area contributed by atoms with Crippen LogP contribution in [0.15, 0.2) is 58.3 Å². The first-order valence-electron chi connectivity index (χ1n) is 10.8. The third kappa shape index (κ3) is 4.19. The highest BCUT2D eigenvalue weighted by atomic mass is 16.4. The summed E-state index contributed by atoms with van der Waals surface area (Å²) in [5.41, 5.74) is 7.28. The zero-order valence-electron chi connectivity index (χ0n) is 18.5. The summed E-state index contributed by atoms with van der Waals surface area (Å²) in [5, 5.41) is 4.37. The summed E-state index contributed by atoms with van der Waals surface area (Å²) in [7, 11) is 0. The van der Waals surface area contributed by atoms with Gasteiger partial charge in [-0.25, -0.2) is 5.43 Å². The average molecular weight is 431 g/mol. The number of pyridine rings is 1. The van der Waals surface area contributed by atoms with Crippen molar-refractivity contribution < 1.29 is 14.0 Å². The van der Waals surface area contributed by atoms with E-state index in [0.717, 1.165) is 46.7 Å². The van der Waals surface area contributed by atoms with Crippen molar-refractivity contribution in [2.45, 2.75) is 40.0 Å². The van der Waals surface area contributed by atoms with Crippen molar-refractivity contribution in [1.29, 1.82) is 0 Å². The van der Waals surface area contributed by atoms with Crippen LogP contribution in [0, 0.1) is 13.8 Å². The van der Waals surface area contributed by atoms with Gasteiger partial charge in [0.05, 0.1) is 11.3 Å². The highest BCUT2D eigenvalue weighted by Gasteiger charge is 2.30. The zero-order valence-corrected chi connectivity index (χ0v) is 18.5. The lowest BCUT2D eigenvalue weighted by Gasteiger charge is -2.20. The summed E-state index contributed by atoms with van der Waals surface area (Å²) in [6, 6.07) is 11.2. The van der Waals surface area contributed by atoms with Crippen LogP contribution in [-0.2, 0) is 6.42 Å². The van der Waals surface area contributed by atoms with E-state index in [2.05, 4.69) is 15.5 Å². The van der Waals surface area contributed by atoms with E-state index in [0.29, 0.717) is 24.3 Å². The fourth-order valence-electron chi connectivity index (χ4n) is 4.03. The van der Waals surface area contributed by atoms with Crippen LogP contribution in [0.3, 0.4) is 0 Å². The number of hydrogen-bond donors (Lipinski definition) is 1. The molecule has 7 nitrogen and oxygen atoms in total. The second kappa shape index (κ2) is 9.18. The molecule has 0 saturated heterocycles. The van der Waals surface area contributed by atoms with Crippen LogP contribution >= 0.6 is 0 Å². The Morgan fingerprint density at radius 1 is 1.19 bits per heavy atom. The van der Waals surface area contributed by atoms with E-state index in [1.165, 1.54) is 6.20 Å². The molecule has 0 aliphatic heterocycles. The van der Waals surface area contributed by atoms with Crippen molar-refractivity contribution in [3.8, 4) is 0 Å². The van der Waals surface area contributed by atoms with Gasteiger partial charge in [-0.1, -0.05) is 12.1 Å². The maximum atomic E-state index is 13.4. The van der Waals surface area contributed by atoms with E-state index in [9.17, 15) is 9.59 Å². The normalized spacial score (nSPS) is 14.2. The van der Waals surface area contributed by atoms with Crippen LogP contribution in [0.4, 0.5) is 5.69 Å². The SMILES string of the molecule is CCN(C(=O)c1oc2c(c1C)/C(=N/NC(=O)c1cccnc1)CCC2)c1cccc(C)c1. The predicted octanol–water partition coefficient (Wildman–Crippen LogP) is 4.43. The maximum absolute atomic E-state index is 13.4. The summed E-state index contributed by atoms with van der Waals surface area (Å²) in [5.74, 6) is 0.564. The standard InChI is InChI=1S/C25H26N4O3/c1-4-29(19-10-5-8-16(2)14-19)25(31)23-17(3)22-20(11-6-12-21(22)32-23)27-28-24(30)18-9-7-13-26-15-18/h5,7-10,13-15H,4,6,11-12H2,1-3H3,(H,28,30)/b27-20+. The molecule has 1 aliphatic carbocycles. The number of fused-ring (bicyclic) bond motifs is 1. The van der Waals surface area contributed by atoms with Crippen molar-refractivity contribution >= 4 is 23.2 Å². The maximum Gasteiger partial charge on any atom is 0.294 e. The molecule has 0 bridgehead atoms. The third-order valence-electron chi connectivity index (χ3n) is 5.61. The largest absolute Gasteiger partial charge is 0.455 e. The second-order valence-corrected chi connectivity index (χ2v) is 7.84. The molecule has 0 atom stereocenters. The molecule has 164 valence electrons. The minimum atomic E-state index is -0.327. The highest BCUT2D eigenvalue weighted by Crippen LogP contribution is 2.31. The molecular formula is C25H26N4O3. The van der Waals surface area contributed by atoms with Gasteiger partial charge in [0.15, 0.2) is 5.76 Å².